The van der Waals surface area contributed by atoms with Gasteiger partial charge in [0.05, 0.1) is 10.5 Å². The lowest BCUT2D eigenvalue weighted by Gasteiger charge is -2.16. The zero-order chi connectivity index (χ0) is 21.9. The average molecular weight is 471 g/mol. The fraction of sp³-hybridized carbons (Fsp3) is 0.300. The molecule has 0 radical (unpaired) electrons. The number of anilines is 1. The highest BCUT2D eigenvalue weighted by atomic mass is 35.5. The van der Waals surface area contributed by atoms with E-state index < -0.39 is 28.0 Å². The largest absolute Gasteiger partial charge is 0.449 e. The van der Waals surface area contributed by atoms with Gasteiger partial charge in [-0.1, -0.05) is 23.2 Å². The number of esters is 1. The van der Waals surface area contributed by atoms with Gasteiger partial charge in [0, 0.05) is 28.8 Å². The Morgan fingerprint density at radius 1 is 1.03 bits per heavy atom. The van der Waals surface area contributed by atoms with Gasteiger partial charge in [-0.25, -0.2) is 13.2 Å². The standard InChI is InChI=1S/C20H20Cl2N2O5S/c1-13(19(25)23-17-11-15(21)10-16(22)12-17)29-20(26)14-4-6-18(7-5-14)30(27,28)24-8-2-3-9-24/h4-7,10-13H,2-3,8-9H2,1H3,(H,23,25). The van der Waals surface area contributed by atoms with E-state index in [4.69, 9.17) is 27.9 Å². The number of carbonyl (C=O) groups is 2. The Labute approximate surface area is 185 Å². The molecule has 1 amide bonds. The van der Waals surface area contributed by atoms with E-state index >= 15 is 0 Å². The van der Waals surface area contributed by atoms with Crippen molar-refractivity contribution in [2.24, 2.45) is 0 Å². The van der Waals surface area contributed by atoms with Crippen molar-refractivity contribution in [1.29, 1.82) is 0 Å². The molecule has 0 spiro atoms. The number of hydrogen-bond acceptors (Lipinski definition) is 5. The second-order valence-corrected chi connectivity index (χ2v) is 9.64. The Morgan fingerprint density at radius 3 is 2.17 bits per heavy atom. The number of sulfonamides is 1. The van der Waals surface area contributed by atoms with Crippen LogP contribution in [0.4, 0.5) is 5.69 Å². The molecule has 7 nitrogen and oxygen atoms in total. The van der Waals surface area contributed by atoms with Gasteiger partial charge < -0.3 is 10.1 Å². The van der Waals surface area contributed by atoms with Crippen molar-refractivity contribution in [2.75, 3.05) is 18.4 Å². The first-order valence-electron chi connectivity index (χ1n) is 9.25. The van der Waals surface area contributed by atoms with Crippen molar-refractivity contribution in [1.82, 2.24) is 4.31 Å². The fourth-order valence-corrected chi connectivity index (χ4v) is 5.04. The molecule has 0 saturated carbocycles. The highest BCUT2D eigenvalue weighted by molar-refractivity contribution is 7.89. The van der Waals surface area contributed by atoms with Crippen LogP contribution in [0.2, 0.25) is 10.0 Å². The van der Waals surface area contributed by atoms with Crippen LogP contribution in [0.25, 0.3) is 0 Å². The smallest absolute Gasteiger partial charge is 0.338 e. The molecule has 0 aromatic heterocycles. The second kappa shape index (κ2) is 9.34. The van der Waals surface area contributed by atoms with Crippen molar-refractivity contribution in [3.63, 3.8) is 0 Å². The molecule has 3 rings (SSSR count). The molecule has 1 fully saturated rings. The minimum absolute atomic E-state index is 0.115. The summed E-state index contributed by atoms with van der Waals surface area (Å²) in [6, 6.07) is 10.0. The fourth-order valence-electron chi connectivity index (χ4n) is 2.99. The predicted molar refractivity (Wildman–Crippen MR) is 114 cm³/mol. The summed E-state index contributed by atoms with van der Waals surface area (Å²) in [6.45, 7) is 2.42. The third-order valence-electron chi connectivity index (χ3n) is 4.58. The van der Waals surface area contributed by atoms with Crippen LogP contribution in [-0.4, -0.2) is 43.8 Å². The number of benzene rings is 2. The number of hydrogen-bond donors (Lipinski definition) is 1. The molecule has 1 saturated heterocycles. The van der Waals surface area contributed by atoms with Crippen LogP contribution in [0.5, 0.6) is 0 Å². The Balaban J connectivity index is 1.63. The van der Waals surface area contributed by atoms with Crippen LogP contribution in [0.1, 0.15) is 30.1 Å². The molecule has 1 unspecified atom stereocenters. The number of halogens is 2. The van der Waals surface area contributed by atoms with Crippen molar-refractivity contribution in [3.05, 3.63) is 58.1 Å². The zero-order valence-electron chi connectivity index (χ0n) is 16.1. The summed E-state index contributed by atoms with van der Waals surface area (Å²) < 4.78 is 31.7. The average Bonchev–Trinajstić information content (AvgIpc) is 3.23. The summed E-state index contributed by atoms with van der Waals surface area (Å²) in [4.78, 5) is 24.7. The zero-order valence-corrected chi connectivity index (χ0v) is 18.4. The van der Waals surface area contributed by atoms with Gasteiger partial charge in [-0.05, 0) is 62.2 Å². The predicted octanol–water partition coefficient (Wildman–Crippen LogP) is 3.96. The maximum atomic E-state index is 12.5. The van der Waals surface area contributed by atoms with Crippen LogP contribution in [0.3, 0.4) is 0 Å². The van der Waals surface area contributed by atoms with Gasteiger partial charge in [0.1, 0.15) is 0 Å². The number of carbonyl (C=O) groups excluding carboxylic acids is 2. The van der Waals surface area contributed by atoms with E-state index in [1.807, 2.05) is 0 Å². The normalized spacial score (nSPS) is 15.6. The van der Waals surface area contributed by atoms with Crippen molar-refractivity contribution >= 4 is 50.8 Å². The molecule has 2 aromatic rings. The summed E-state index contributed by atoms with van der Waals surface area (Å²) >= 11 is 11.8. The molecule has 1 N–H and O–H groups in total. The lowest BCUT2D eigenvalue weighted by molar-refractivity contribution is -0.123. The monoisotopic (exact) mass is 470 g/mol. The maximum absolute atomic E-state index is 12.5. The van der Waals surface area contributed by atoms with Gasteiger partial charge in [0.2, 0.25) is 10.0 Å². The Hall–Kier alpha value is -2.13. The summed E-state index contributed by atoms with van der Waals surface area (Å²) in [5.74, 6) is -1.30. The first-order chi connectivity index (χ1) is 14.2. The van der Waals surface area contributed by atoms with Crippen molar-refractivity contribution in [3.8, 4) is 0 Å². The van der Waals surface area contributed by atoms with Crippen LogP contribution >= 0.6 is 23.2 Å². The number of nitrogens with zero attached hydrogens (tertiary/aromatic N) is 1. The molecular weight excluding hydrogens is 451 g/mol. The van der Waals surface area contributed by atoms with E-state index in [-0.39, 0.29) is 10.5 Å². The molecule has 10 heteroatoms. The molecule has 0 bridgehead atoms. The van der Waals surface area contributed by atoms with E-state index in [1.54, 1.807) is 0 Å². The highest BCUT2D eigenvalue weighted by Crippen LogP contribution is 2.23. The molecule has 1 heterocycles. The molecule has 1 aliphatic rings. The first kappa shape index (κ1) is 22.6. The lowest BCUT2D eigenvalue weighted by atomic mass is 10.2. The molecular formula is C20H20Cl2N2O5S. The Kier molecular flexibility index (Phi) is 7.02. The van der Waals surface area contributed by atoms with Crippen LogP contribution in [0, 0.1) is 0 Å². The SMILES string of the molecule is CC(OC(=O)c1ccc(S(=O)(=O)N2CCCC2)cc1)C(=O)Nc1cc(Cl)cc(Cl)c1. The lowest BCUT2D eigenvalue weighted by Crippen LogP contribution is -2.30. The molecule has 0 aliphatic carbocycles. The second-order valence-electron chi connectivity index (χ2n) is 6.83. The van der Waals surface area contributed by atoms with E-state index in [2.05, 4.69) is 5.32 Å². The van der Waals surface area contributed by atoms with E-state index in [9.17, 15) is 18.0 Å². The molecule has 30 heavy (non-hydrogen) atoms. The van der Waals surface area contributed by atoms with Gasteiger partial charge in [0.15, 0.2) is 6.10 Å². The molecule has 2 aromatic carbocycles. The summed E-state index contributed by atoms with van der Waals surface area (Å²) in [5, 5.41) is 3.28. The van der Waals surface area contributed by atoms with Gasteiger partial charge in [-0.2, -0.15) is 4.31 Å². The number of ether oxygens (including phenoxy) is 1. The minimum Gasteiger partial charge on any atom is -0.449 e. The summed E-state index contributed by atoms with van der Waals surface area (Å²) in [6.07, 6.45) is 0.582. The maximum Gasteiger partial charge on any atom is 0.338 e. The number of amides is 1. The third-order valence-corrected chi connectivity index (χ3v) is 6.93. The number of rotatable bonds is 6. The third kappa shape index (κ3) is 5.31. The molecule has 1 aliphatic heterocycles. The van der Waals surface area contributed by atoms with Crippen LogP contribution in [-0.2, 0) is 19.6 Å². The topological polar surface area (TPSA) is 92.8 Å². The van der Waals surface area contributed by atoms with Crippen molar-refractivity contribution in [2.45, 2.75) is 30.8 Å². The Morgan fingerprint density at radius 2 is 1.60 bits per heavy atom. The van der Waals surface area contributed by atoms with Crippen LogP contribution < -0.4 is 5.32 Å². The summed E-state index contributed by atoms with van der Waals surface area (Å²) in [7, 11) is -3.56. The molecule has 160 valence electrons. The van der Waals surface area contributed by atoms with Gasteiger partial charge >= 0.3 is 5.97 Å². The Bertz CT molecular complexity index is 1030. The van der Waals surface area contributed by atoms with Crippen molar-refractivity contribution < 1.29 is 22.7 Å². The van der Waals surface area contributed by atoms with Crippen LogP contribution in [0.15, 0.2) is 47.4 Å². The first-order valence-corrected chi connectivity index (χ1v) is 11.4. The summed E-state index contributed by atoms with van der Waals surface area (Å²) in [5.41, 5.74) is 0.512. The highest BCUT2D eigenvalue weighted by Gasteiger charge is 2.27. The quantitative estimate of drug-likeness (QED) is 0.644. The van der Waals surface area contributed by atoms with E-state index in [0.29, 0.717) is 28.8 Å². The van der Waals surface area contributed by atoms with Gasteiger partial charge in [-0.15, -0.1) is 0 Å². The van der Waals surface area contributed by atoms with E-state index in [0.717, 1.165) is 12.8 Å². The minimum atomic E-state index is -3.56. The molecule has 1 atom stereocenters. The number of nitrogens with one attached hydrogen (secondary N) is 1. The van der Waals surface area contributed by atoms with Gasteiger partial charge in [0.25, 0.3) is 5.91 Å². The van der Waals surface area contributed by atoms with Gasteiger partial charge in [-0.3, -0.25) is 4.79 Å². The van der Waals surface area contributed by atoms with E-state index in [1.165, 1.54) is 53.7 Å².